The van der Waals surface area contributed by atoms with E-state index in [0.717, 1.165) is 23.1 Å². The Morgan fingerprint density at radius 2 is 1.52 bits per heavy atom. The minimum Gasteiger partial charge on any atom is -0.485 e. The van der Waals surface area contributed by atoms with Gasteiger partial charge >= 0.3 is 23.7 Å². The van der Waals surface area contributed by atoms with E-state index >= 15 is 0 Å². The lowest BCUT2D eigenvalue weighted by Crippen LogP contribution is -2.43. The number of rotatable bonds is 10. The van der Waals surface area contributed by atoms with E-state index in [9.17, 15) is 27.6 Å². The maximum Gasteiger partial charge on any atom is 0.416 e. The summed E-state index contributed by atoms with van der Waals surface area (Å²) >= 11 is 0. The first-order valence-electron chi connectivity index (χ1n) is 16.4. The van der Waals surface area contributed by atoms with Gasteiger partial charge in [0.1, 0.15) is 29.6 Å². The van der Waals surface area contributed by atoms with Gasteiger partial charge in [0.05, 0.1) is 16.7 Å². The van der Waals surface area contributed by atoms with Crippen LogP contribution in [0.25, 0.3) is 11.0 Å². The second kappa shape index (κ2) is 17.4. The molecule has 0 fully saturated rings. The molecule has 1 aliphatic rings. The molecule has 2 heterocycles. The Morgan fingerprint density at radius 3 is 2.17 bits per heavy atom. The summed E-state index contributed by atoms with van der Waals surface area (Å²) in [7, 11) is 0. The fourth-order valence-electron chi connectivity index (χ4n) is 5.54. The summed E-state index contributed by atoms with van der Waals surface area (Å²) in [6, 6.07) is 29.6. The van der Waals surface area contributed by atoms with Gasteiger partial charge in [0.15, 0.2) is 0 Å². The highest BCUT2D eigenvalue weighted by Crippen LogP contribution is 2.37. The number of hydrogen-bond acceptors (Lipinski definition) is 8. The van der Waals surface area contributed by atoms with Crippen molar-refractivity contribution < 1.29 is 41.4 Å². The molecule has 6 rings (SSSR count). The topological polar surface area (TPSA) is 104 Å². The zero-order valence-electron chi connectivity index (χ0n) is 28.8. The van der Waals surface area contributed by atoms with Gasteiger partial charge in [0.2, 0.25) is 0 Å². The van der Waals surface area contributed by atoms with Gasteiger partial charge in [0, 0.05) is 36.5 Å². The molecule has 1 aliphatic heterocycles. The lowest BCUT2D eigenvalue weighted by atomic mass is 9.96. The lowest BCUT2D eigenvalue weighted by Gasteiger charge is -2.30. The highest BCUT2D eigenvalue weighted by Gasteiger charge is 2.40. The minimum absolute atomic E-state index is 0. The number of hydrogen-bond donors (Lipinski definition) is 1. The molecule has 5 aromatic rings. The van der Waals surface area contributed by atoms with E-state index in [1.165, 1.54) is 12.1 Å². The molecule has 0 radical (unpaired) electrons. The minimum atomic E-state index is -4.34. The molecular weight excluding hydrogens is 699 g/mol. The van der Waals surface area contributed by atoms with Gasteiger partial charge in [-0.3, -0.25) is 0 Å². The van der Waals surface area contributed by atoms with Crippen molar-refractivity contribution in [2.45, 2.75) is 57.5 Å². The molecule has 0 bridgehead atoms. The van der Waals surface area contributed by atoms with Crippen molar-refractivity contribution in [1.82, 2.24) is 5.32 Å². The van der Waals surface area contributed by atoms with Crippen molar-refractivity contribution in [3.05, 3.63) is 147 Å². The largest absolute Gasteiger partial charge is 0.485 e. The molecule has 2 unspecified atom stereocenters. The first kappa shape index (κ1) is 39.7. The number of ether oxygens (including phenoxy) is 3. The SMILES string of the molecule is CC(C)(OC(=O)c1ccccc1)C1Cc2cc3ccc(=O)oc3cc2O1.CC(Cc1cccc(C(F)(F)F)c1)NCCOC(=O)c1ccccc1.Cl. The van der Waals surface area contributed by atoms with E-state index in [-0.39, 0.29) is 37.1 Å². The van der Waals surface area contributed by atoms with Gasteiger partial charge < -0.3 is 23.9 Å². The fourth-order valence-corrected chi connectivity index (χ4v) is 5.54. The number of alkyl halides is 3. The van der Waals surface area contributed by atoms with E-state index < -0.39 is 28.9 Å². The van der Waals surface area contributed by atoms with Crippen molar-refractivity contribution in [3.8, 4) is 5.75 Å². The number of benzene rings is 4. The van der Waals surface area contributed by atoms with Crippen molar-refractivity contribution in [1.29, 1.82) is 0 Å². The quantitative estimate of drug-likeness (QED) is 0.0869. The van der Waals surface area contributed by atoms with Crippen LogP contribution in [-0.2, 0) is 28.5 Å². The molecule has 52 heavy (non-hydrogen) atoms. The number of fused-ring (bicyclic) bond motifs is 2. The van der Waals surface area contributed by atoms with E-state index in [4.69, 9.17) is 18.6 Å². The van der Waals surface area contributed by atoms with Gasteiger partial charge in [-0.25, -0.2) is 14.4 Å². The maximum absolute atomic E-state index is 12.7. The van der Waals surface area contributed by atoms with Crippen LogP contribution in [0.2, 0.25) is 0 Å². The number of halogens is 4. The zero-order valence-corrected chi connectivity index (χ0v) is 29.6. The van der Waals surface area contributed by atoms with E-state index in [1.54, 1.807) is 66.7 Å². The van der Waals surface area contributed by atoms with Crippen LogP contribution in [0.5, 0.6) is 5.75 Å². The number of esters is 2. The van der Waals surface area contributed by atoms with Gasteiger partial charge in [-0.05, 0) is 80.8 Å². The first-order chi connectivity index (χ1) is 24.3. The Balaban J connectivity index is 0.000000229. The molecule has 4 aromatic carbocycles. The summed E-state index contributed by atoms with van der Waals surface area (Å²) in [5.41, 5.74) is 1.22. The van der Waals surface area contributed by atoms with Gasteiger partial charge in [-0.2, -0.15) is 13.2 Å². The van der Waals surface area contributed by atoms with Crippen molar-refractivity contribution in [2.75, 3.05) is 13.2 Å². The van der Waals surface area contributed by atoms with Crippen LogP contribution in [0.3, 0.4) is 0 Å². The molecule has 274 valence electrons. The van der Waals surface area contributed by atoms with Crippen LogP contribution >= 0.6 is 12.4 Å². The third kappa shape index (κ3) is 10.7. The molecular formula is C40H39ClF3NO7. The summed E-state index contributed by atoms with van der Waals surface area (Å²) in [5, 5.41) is 3.98. The first-order valence-corrected chi connectivity index (χ1v) is 16.4. The van der Waals surface area contributed by atoms with E-state index in [2.05, 4.69) is 5.32 Å². The Labute approximate surface area is 305 Å². The molecule has 0 spiro atoms. The summed E-state index contributed by atoms with van der Waals surface area (Å²) in [6.07, 6.45) is -3.59. The van der Waals surface area contributed by atoms with Crippen LogP contribution in [-0.4, -0.2) is 42.8 Å². The van der Waals surface area contributed by atoms with Crippen LogP contribution in [0, 0.1) is 0 Å². The summed E-state index contributed by atoms with van der Waals surface area (Å²) in [5.74, 6) is -0.125. The third-order valence-electron chi connectivity index (χ3n) is 8.25. The van der Waals surface area contributed by atoms with Crippen LogP contribution < -0.4 is 15.7 Å². The molecule has 12 heteroatoms. The van der Waals surface area contributed by atoms with Crippen LogP contribution in [0.4, 0.5) is 13.2 Å². The number of carbonyl (C=O) groups excluding carboxylic acids is 2. The van der Waals surface area contributed by atoms with Gasteiger partial charge in [-0.15, -0.1) is 12.4 Å². The molecule has 1 N–H and O–H groups in total. The van der Waals surface area contributed by atoms with Crippen molar-refractivity contribution in [3.63, 3.8) is 0 Å². The molecule has 0 amide bonds. The number of nitrogens with one attached hydrogen (secondary N) is 1. The average Bonchev–Trinajstić information content (AvgIpc) is 3.54. The second-order valence-electron chi connectivity index (χ2n) is 12.7. The van der Waals surface area contributed by atoms with Gasteiger partial charge in [0.25, 0.3) is 0 Å². The highest BCUT2D eigenvalue weighted by molar-refractivity contribution is 5.90. The molecule has 2 atom stereocenters. The highest BCUT2D eigenvalue weighted by atomic mass is 35.5. The van der Waals surface area contributed by atoms with Crippen molar-refractivity contribution in [2.24, 2.45) is 0 Å². The van der Waals surface area contributed by atoms with Crippen LogP contribution in [0.15, 0.2) is 118 Å². The predicted molar refractivity (Wildman–Crippen MR) is 193 cm³/mol. The second-order valence-corrected chi connectivity index (χ2v) is 12.7. The predicted octanol–water partition coefficient (Wildman–Crippen LogP) is 8.24. The smallest absolute Gasteiger partial charge is 0.416 e. The number of carbonyl (C=O) groups is 2. The Bertz CT molecular complexity index is 2020. The van der Waals surface area contributed by atoms with E-state index in [0.29, 0.717) is 47.4 Å². The molecule has 0 aliphatic carbocycles. The Kier molecular flexibility index (Phi) is 13.3. The molecule has 8 nitrogen and oxygen atoms in total. The van der Waals surface area contributed by atoms with Crippen LogP contribution in [0.1, 0.15) is 58.2 Å². The Hall–Kier alpha value is -5.13. The molecule has 1 aromatic heterocycles. The normalized spacial score (nSPS) is 14.2. The standard InChI is InChI=1S/C21H18O5.C19H20F3NO2.ClH/c1-21(2,26-20(23)13-6-4-3-5-7-13)18-11-15-10-14-8-9-19(22)25-16(14)12-17(15)24-18;1-14(12-15-6-5-9-17(13-15)19(20,21)22)23-10-11-25-18(24)16-7-3-2-4-8-16;/h3-10,12,18H,11H2,1-2H3;2-9,13-14,23H,10-12H2,1H3;1H. The average molecular weight is 738 g/mol. The maximum atomic E-state index is 12.7. The summed E-state index contributed by atoms with van der Waals surface area (Å²) < 4.78 is 60.2. The monoisotopic (exact) mass is 737 g/mol. The Morgan fingerprint density at radius 1 is 0.865 bits per heavy atom. The molecule has 0 saturated heterocycles. The third-order valence-corrected chi connectivity index (χ3v) is 8.25. The summed E-state index contributed by atoms with van der Waals surface area (Å²) in [6.45, 7) is 6.17. The summed E-state index contributed by atoms with van der Waals surface area (Å²) in [4.78, 5) is 35.5. The zero-order chi connectivity index (χ0) is 36.6. The van der Waals surface area contributed by atoms with Crippen molar-refractivity contribution >= 4 is 35.3 Å². The molecule has 0 saturated carbocycles. The van der Waals surface area contributed by atoms with Gasteiger partial charge in [-0.1, -0.05) is 54.6 Å². The lowest BCUT2D eigenvalue weighted by molar-refractivity contribution is -0.137. The van der Waals surface area contributed by atoms with E-state index in [1.807, 2.05) is 39.0 Å². The fraction of sp³-hybridized carbons (Fsp3) is 0.275.